The van der Waals surface area contributed by atoms with Crippen LogP contribution in [0.2, 0.25) is 0 Å². The van der Waals surface area contributed by atoms with Crippen LogP contribution in [0.5, 0.6) is 11.5 Å². The molecule has 4 bridgehead atoms. The van der Waals surface area contributed by atoms with Crippen LogP contribution >= 0.6 is 21.6 Å². The van der Waals surface area contributed by atoms with E-state index in [1.807, 2.05) is 29.2 Å². The molecule has 5 N–H and O–H groups in total. The number of carbonyl (C=O) groups excluding carboxylic acids is 2. The molecule has 1 saturated heterocycles. The van der Waals surface area contributed by atoms with Gasteiger partial charge < -0.3 is 35.6 Å². The van der Waals surface area contributed by atoms with Gasteiger partial charge in [-0.25, -0.2) is 4.99 Å². The summed E-state index contributed by atoms with van der Waals surface area (Å²) in [4.78, 5) is 32.5. The van der Waals surface area contributed by atoms with Gasteiger partial charge in [0.1, 0.15) is 12.2 Å². The molecule has 0 aromatic heterocycles. The lowest BCUT2D eigenvalue weighted by atomic mass is 9.77. The van der Waals surface area contributed by atoms with Crippen molar-refractivity contribution in [2.45, 2.75) is 122 Å². The van der Waals surface area contributed by atoms with Gasteiger partial charge in [0.05, 0.1) is 12.0 Å². The van der Waals surface area contributed by atoms with Crippen molar-refractivity contribution in [1.29, 1.82) is 0 Å². The number of aliphatic hydroxyl groups is 1. The van der Waals surface area contributed by atoms with Crippen molar-refractivity contribution in [2.75, 3.05) is 24.7 Å². The number of phenolic OH excluding ortho intramolecular Hbond substituents is 1. The third-order valence-electron chi connectivity index (χ3n) is 11.4. The number of aliphatic hydroxyl groups excluding tert-OH is 1. The van der Waals surface area contributed by atoms with Gasteiger partial charge in [0.25, 0.3) is 0 Å². The van der Waals surface area contributed by atoms with Crippen LogP contribution in [0.25, 0.3) is 6.08 Å². The second kappa shape index (κ2) is 19.5. The Morgan fingerprint density at radius 2 is 1.93 bits per heavy atom. The maximum absolute atomic E-state index is 13.9. The van der Waals surface area contributed by atoms with Crippen LogP contribution in [-0.2, 0) is 33.7 Å². The first-order valence-corrected chi connectivity index (χ1v) is 22.3. The van der Waals surface area contributed by atoms with E-state index >= 15 is 0 Å². The van der Waals surface area contributed by atoms with Crippen LogP contribution in [0.15, 0.2) is 47.5 Å². The Morgan fingerprint density at radius 3 is 2.76 bits per heavy atom. The lowest BCUT2D eigenvalue weighted by Gasteiger charge is -2.30. The molecule has 1 saturated carbocycles. The zero-order chi connectivity index (χ0) is 37.9. The summed E-state index contributed by atoms with van der Waals surface area (Å²) in [6, 6.07) is 12.3. The molecule has 2 aromatic carbocycles. The molecule has 5 unspecified atom stereocenters. The van der Waals surface area contributed by atoms with Gasteiger partial charge in [-0.3, -0.25) is 9.59 Å². The third-order valence-corrected chi connectivity index (χ3v) is 13.6. The average Bonchev–Trinajstić information content (AvgIpc) is 3.65. The summed E-state index contributed by atoms with van der Waals surface area (Å²) in [6.45, 7) is 2.80. The number of nitrogens with zero attached hydrogens (tertiary/aromatic N) is 2. The van der Waals surface area contributed by atoms with Crippen LogP contribution in [0, 0.1) is 11.3 Å². The highest BCUT2D eigenvalue weighted by Gasteiger charge is 2.43. The van der Waals surface area contributed by atoms with Crippen molar-refractivity contribution in [1.82, 2.24) is 10.2 Å². The lowest BCUT2D eigenvalue weighted by Crippen LogP contribution is -2.37. The van der Waals surface area contributed by atoms with Gasteiger partial charge in [0.2, 0.25) is 5.91 Å². The molecule has 54 heavy (non-hydrogen) atoms. The molecule has 3 aliphatic heterocycles. The Bertz CT molecular complexity index is 1640. The van der Waals surface area contributed by atoms with E-state index in [2.05, 4.69) is 34.6 Å². The largest absolute Gasteiger partial charge is 0.504 e. The average molecular weight is 779 g/mol. The Morgan fingerprint density at radius 1 is 1.09 bits per heavy atom. The smallest absolute Gasteiger partial charge is 0.302 e. The Balaban J connectivity index is 1.29. The van der Waals surface area contributed by atoms with Crippen LogP contribution in [-0.4, -0.2) is 76.0 Å². The van der Waals surface area contributed by atoms with Crippen molar-refractivity contribution < 1.29 is 29.3 Å². The van der Waals surface area contributed by atoms with Crippen molar-refractivity contribution in [3.05, 3.63) is 64.7 Å². The van der Waals surface area contributed by atoms with Gasteiger partial charge in [0.15, 0.2) is 17.5 Å². The fourth-order valence-electron chi connectivity index (χ4n) is 8.63. The highest BCUT2D eigenvalue weighted by Crippen LogP contribution is 2.46. The molecule has 10 nitrogen and oxygen atoms in total. The van der Waals surface area contributed by atoms with E-state index in [1.165, 1.54) is 12.5 Å². The number of benzene rings is 2. The minimum absolute atomic E-state index is 0.0118. The van der Waals surface area contributed by atoms with Crippen LogP contribution in [0.1, 0.15) is 106 Å². The third kappa shape index (κ3) is 11.1. The topological polar surface area (TPSA) is 147 Å². The maximum Gasteiger partial charge on any atom is 0.302 e. The molecule has 294 valence electrons. The monoisotopic (exact) mass is 778 g/mol. The first-order chi connectivity index (χ1) is 26.2. The number of rotatable bonds is 3. The van der Waals surface area contributed by atoms with Crippen molar-refractivity contribution >= 4 is 45.5 Å². The second-order valence-corrected chi connectivity index (χ2v) is 18.2. The number of guanidine groups is 1. The maximum atomic E-state index is 13.9. The molecule has 12 heteroatoms. The van der Waals surface area contributed by atoms with Crippen LogP contribution in [0.4, 0.5) is 0 Å². The van der Waals surface area contributed by atoms with E-state index in [9.17, 15) is 19.8 Å². The number of fused-ring (bicyclic) bond motifs is 7. The van der Waals surface area contributed by atoms with Gasteiger partial charge in [-0.1, -0.05) is 83.3 Å². The number of nitrogens with two attached hydrogens (primary N) is 1. The number of esters is 1. The molecule has 1 amide bonds. The van der Waals surface area contributed by atoms with E-state index < -0.39 is 12.2 Å². The number of amides is 1. The molecule has 4 aliphatic rings. The highest BCUT2D eigenvalue weighted by atomic mass is 33.1. The summed E-state index contributed by atoms with van der Waals surface area (Å²) in [5.41, 5.74) is 9.57. The number of ether oxygens (including phenoxy) is 2. The van der Waals surface area contributed by atoms with Gasteiger partial charge in [-0.05, 0) is 75.0 Å². The molecule has 2 aromatic rings. The van der Waals surface area contributed by atoms with Gasteiger partial charge >= 0.3 is 5.97 Å². The molecule has 6 rings (SSSR count). The van der Waals surface area contributed by atoms with Crippen LogP contribution in [0.3, 0.4) is 0 Å². The molecule has 3 heterocycles. The molecule has 1 aliphatic carbocycles. The molecule has 5 atom stereocenters. The predicted octanol–water partition coefficient (Wildman–Crippen LogP) is 7.14. The minimum atomic E-state index is -0.567. The number of aryl methyl sites for hydroxylation is 1. The van der Waals surface area contributed by atoms with Crippen molar-refractivity contribution in [3.63, 3.8) is 0 Å². The second-order valence-electron chi connectivity index (χ2n) is 15.6. The van der Waals surface area contributed by atoms with Crippen LogP contribution < -0.4 is 15.8 Å². The lowest BCUT2D eigenvalue weighted by molar-refractivity contribution is -0.148. The number of carbonyl (C=O) groups is 2. The fraction of sp³-hybridized carbons (Fsp3) is 0.595. The normalized spacial score (nSPS) is 27.8. The van der Waals surface area contributed by atoms with Crippen molar-refractivity contribution in [2.24, 2.45) is 22.1 Å². The Kier molecular flexibility index (Phi) is 14.6. The highest BCUT2D eigenvalue weighted by molar-refractivity contribution is 8.76. The SMILES string of the molecule is CC(=O)OC1CCc2cc(c(O)c3c2C=CC2CCCC2O3)CN2CC(Cc3ccccc3)(CCNC(N)=NCSSCCCCCCC(O)C1)CC2=O. The summed E-state index contributed by atoms with van der Waals surface area (Å²) in [7, 11) is 3.49. The molecule has 2 fully saturated rings. The van der Waals surface area contributed by atoms with Gasteiger partial charge in [0, 0.05) is 67.6 Å². The molecular formula is C42H58N4O6S2. The first-order valence-electron chi connectivity index (χ1n) is 19.9. The standard InChI is InChI=1S/C42H58N4O6S2/c1-29(47)51-35-17-15-32-22-33(39(50)40-36(32)18-16-31-12-9-14-37(31)52-40)26-46-27-42(25-38(46)49,24-30-10-5-4-6-11-30)19-20-44-41(43)45-28-54-53-21-8-3-2-7-13-34(48)23-35/h4-6,10-11,16,18,22,31,34-35,37,48,50H,2-3,7-9,12-15,17,19-21,23-28H2,1H3,(H3,43,44,45). The van der Waals surface area contributed by atoms with Gasteiger partial charge in [-0.2, -0.15) is 0 Å². The number of aliphatic imine (C=N–C) groups is 1. The summed E-state index contributed by atoms with van der Waals surface area (Å²) < 4.78 is 12.4. The Hall–Kier alpha value is -3.35. The summed E-state index contributed by atoms with van der Waals surface area (Å²) in [5, 5.41) is 26.2. The predicted molar refractivity (Wildman–Crippen MR) is 218 cm³/mol. The fourth-order valence-corrected chi connectivity index (χ4v) is 10.4. The number of hydrogen-bond acceptors (Lipinski definition) is 11. The quantitative estimate of drug-likeness (QED) is 0.187. The van der Waals surface area contributed by atoms with E-state index in [1.54, 1.807) is 21.6 Å². The Labute approximate surface area is 328 Å². The number of aromatic hydroxyl groups is 1. The molecular weight excluding hydrogens is 721 g/mol. The summed E-state index contributed by atoms with van der Waals surface area (Å²) in [6.07, 6.45) is 14.4. The molecule has 0 radical (unpaired) electrons. The minimum Gasteiger partial charge on any atom is -0.504 e. The summed E-state index contributed by atoms with van der Waals surface area (Å²) >= 11 is 0. The van der Waals surface area contributed by atoms with E-state index in [0.29, 0.717) is 68.3 Å². The van der Waals surface area contributed by atoms with E-state index in [4.69, 9.17) is 15.2 Å². The number of hydrogen-bond donors (Lipinski definition) is 4. The molecule has 0 spiro atoms. The first kappa shape index (κ1) is 40.3. The zero-order valence-electron chi connectivity index (χ0n) is 31.7. The van der Waals surface area contributed by atoms with E-state index in [-0.39, 0.29) is 41.6 Å². The van der Waals surface area contributed by atoms with Gasteiger partial charge in [-0.15, -0.1) is 0 Å². The number of phenols is 1. The zero-order valence-corrected chi connectivity index (χ0v) is 33.3. The van der Waals surface area contributed by atoms with E-state index in [0.717, 1.165) is 74.7 Å². The summed E-state index contributed by atoms with van der Waals surface area (Å²) in [5.74, 6) is 2.53. The number of nitrogens with one attached hydrogen (secondary N) is 1. The van der Waals surface area contributed by atoms with Crippen molar-refractivity contribution in [3.8, 4) is 11.5 Å².